The van der Waals surface area contributed by atoms with Gasteiger partial charge in [-0.15, -0.1) is 0 Å². The molecule has 0 atom stereocenters. The fraction of sp³-hybridized carbons (Fsp3) is 0.323. The van der Waals surface area contributed by atoms with Crippen molar-refractivity contribution < 1.29 is 19.8 Å². The van der Waals surface area contributed by atoms with Gasteiger partial charge in [-0.1, -0.05) is 46.3 Å². The Morgan fingerprint density at radius 3 is 2.32 bits per heavy atom. The number of nitrogens with zero attached hydrogens (tertiary/aromatic N) is 2. The van der Waals surface area contributed by atoms with Crippen LogP contribution in [-0.4, -0.2) is 72.5 Å². The molecule has 0 aliphatic carbocycles. The lowest BCUT2D eigenvalue weighted by Crippen LogP contribution is -2.32. The van der Waals surface area contributed by atoms with Crippen LogP contribution in [0.1, 0.15) is 49.4 Å². The summed E-state index contributed by atoms with van der Waals surface area (Å²) in [6, 6.07) is 18.3. The first kappa shape index (κ1) is 32.1. The maximum Gasteiger partial charge on any atom is 0.273 e. The minimum Gasteiger partial charge on any atom is -0.395 e. The molecule has 3 aromatic rings. The maximum absolute atomic E-state index is 13.0. The number of aliphatic hydroxyl groups is 2. The topological polar surface area (TPSA) is 126 Å². The molecular formula is C31H38BrN5O4. The summed E-state index contributed by atoms with van der Waals surface area (Å²) in [7, 11) is 0. The van der Waals surface area contributed by atoms with Crippen LogP contribution in [0, 0.1) is 13.8 Å². The number of nitrogens with one attached hydrogen (secondary N) is 3. The van der Waals surface area contributed by atoms with Crippen molar-refractivity contribution in [2.75, 3.05) is 44.7 Å². The molecule has 2 amide bonds. The van der Waals surface area contributed by atoms with Gasteiger partial charge in [0.25, 0.3) is 11.8 Å². The third-order valence-corrected chi connectivity index (χ3v) is 7.08. The van der Waals surface area contributed by atoms with Gasteiger partial charge in [0.2, 0.25) is 0 Å². The molecule has 10 heteroatoms. The quantitative estimate of drug-likeness (QED) is 0.0994. The lowest BCUT2D eigenvalue weighted by molar-refractivity contribution is 0.0956. The van der Waals surface area contributed by atoms with Gasteiger partial charge in [0.1, 0.15) is 0 Å². The summed E-state index contributed by atoms with van der Waals surface area (Å²) < 4.78 is 0.699. The summed E-state index contributed by atoms with van der Waals surface area (Å²) in [6.45, 7) is 7.55. The molecule has 0 aliphatic rings. The van der Waals surface area contributed by atoms with Crippen LogP contribution < -0.4 is 16.1 Å². The molecule has 0 aliphatic heterocycles. The molecule has 3 aromatic carbocycles. The van der Waals surface area contributed by atoms with Gasteiger partial charge < -0.3 is 20.8 Å². The molecule has 0 radical (unpaired) electrons. The van der Waals surface area contributed by atoms with Gasteiger partial charge in [0.05, 0.1) is 30.7 Å². The number of rotatable bonds is 15. The van der Waals surface area contributed by atoms with Crippen molar-refractivity contribution in [2.45, 2.75) is 26.8 Å². The SMILES string of the molecule is Cc1ccc(C=NNC(=O)c2cc(Br)ccc2NC(=O)c2ccc(CNCCCN(CCO)CCO)cc2)cc1C. The number of carbonyl (C=O) groups excluding carboxylic acids is 2. The molecule has 0 aromatic heterocycles. The normalized spacial score (nSPS) is 11.3. The largest absolute Gasteiger partial charge is 0.395 e. The van der Waals surface area contributed by atoms with Gasteiger partial charge in [-0.25, -0.2) is 5.43 Å². The van der Waals surface area contributed by atoms with Gasteiger partial charge in [0.15, 0.2) is 0 Å². The van der Waals surface area contributed by atoms with Crippen LogP contribution in [0.15, 0.2) is 70.2 Å². The number of amides is 2. The third kappa shape index (κ3) is 10.5. The zero-order valence-corrected chi connectivity index (χ0v) is 25.1. The molecule has 0 spiro atoms. The van der Waals surface area contributed by atoms with Crippen LogP contribution in [0.3, 0.4) is 0 Å². The highest BCUT2D eigenvalue weighted by atomic mass is 79.9. The van der Waals surface area contributed by atoms with E-state index in [4.69, 9.17) is 10.2 Å². The highest BCUT2D eigenvalue weighted by Gasteiger charge is 2.15. The first-order valence-corrected chi connectivity index (χ1v) is 14.3. The lowest BCUT2D eigenvalue weighted by atomic mass is 10.1. The predicted octanol–water partition coefficient (Wildman–Crippen LogP) is 3.85. The van der Waals surface area contributed by atoms with E-state index in [1.165, 1.54) is 5.56 Å². The Hall–Kier alpha value is -3.41. The predicted molar refractivity (Wildman–Crippen MR) is 166 cm³/mol. The number of hydrazone groups is 1. The van der Waals surface area contributed by atoms with Gasteiger partial charge >= 0.3 is 0 Å². The van der Waals surface area contributed by atoms with Gasteiger partial charge in [-0.2, -0.15) is 5.10 Å². The van der Waals surface area contributed by atoms with E-state index in [-0.39, 0.29) is 24.7 Å². The Bertz CT molecular complexity index is 1320. The molecule has 0 unspecified atom stereocenters. The second kappa shape index (κ2) is 16.8. The first-order chi connectivity index (χ1) is 19.8. The van der Waals surface area contributed by atoms with Crippen molar-refractivity contribution in [1.29, 1.82) is 0 Å². The average Bonchev–Trinajstić information content (AvgIpc) is 2.96. The van der Waals surface area contributed by atoms with E-state index >= 15 is 0 Å². The number of aryl methyl sites for hydroxylation is 2. The van der Waals surface area contributed by atoms with E-state index in [0.717, 1.165) is 36.2 Å². The molecule has 5 N–H and O–H groups in total. The van der Waals surface area contributed by atoms with E-state index in [0.29, 0.717) is 35.4 Å². The Balaban J connectivity index is 1.54. The number of carbonyl (C=O) groups is 2. The number of aliphatic hydroxyl groups excluding tert-OH is 2. The smallest absolute Gasteiger partial charge is 0.273 e. The van der Waals surface area contributed by atoms with Gasteiger partial charge in [-0.3, -0.25) is 14.5 Å². The van der Waals surface area contributed by atoms with Crippen LogP contribution in [0.4, 0.5) is 5.69 Å². The van der Waals surface area contributed by atoms with Crippen LogP contribution in [0.2, 0.25) is 0 Å². The Kier molecular flexibility index (Phi) is 13.1. The Morgan fingerprint density at radius 2 is 1.63 bits per heavy atom. The van der Waals surface area contributed by atoms with Crippen molar-refractivity contribution in [2.24, 2.45) is 5.10 Å². The standard InChI is InChI=1S/C31H38BrN5O4/c1-22-4-5-25(18-23(22)2)21-34-36-31(41)28-19-27(32)10-11-29(28)35-30(40)26-8-6-24(7-9-26)20-33-12-3-13-37(14-16-38)15-17-39/h4-11,18-19,21,33,38-39H,3,12-17,20H2,1-2H3,(H,35,40)(H,36,41). The van der Waals surface area contributed by atoms with E-state index in [9.17, 15) is 9.59 Å². The summed E-state index contributed by atoms with van der Waals surface area (Å²) in [4.78, 5) is 27.9. The summed E-state index contributed by atoms with van der Waals surface area (Å²) in [5, 5.41) is 28.5. The summed E-state index contributed by atoms with van der Waals surface area (Å²) in [5.74, 6) is -0.772. The fourth-order valence-corrected chi connectivity index (χ4v) is 4.49. The van der Waals surface area contributed by atoms with Crippen LogP contribution in [0.5, 0.6) is 0 Å². The van der Waals surface area contributed by atoms with Crippen molar-refractivity contribution >= 4 is 39.6 Å². The minimum atomic E-state index is -0.445. The number of benzene rings is 3. The Labute approximate surface area is 249 Å². The molecule has 0 bridgehead atoms. The minimum absolute atomic E-state index is 0.0759. The molecule has 41 heavy (non-hydrogen) atoms. The van der Waals surface area contributed by atoms with Crippen LogP contribution >= 0.6 is 15.9 Å². The van der Waals surface area contributed by atoms with Crippen LogP contribution in [-0.2, 0) is 6.54 Å². The zero-order chi connectivity index (χ0) is 29.6. The first-order valence-electron chi connectivity index (χ1n) is 13.6. The van der Waals surface area contributed by atoms with Crippen molar-refractivity contribution in [3.05, 3.63) is 98.5 Å². The summed E-state index contributed by atoms with van der Waals surface area (Å²) in [6.07, 6.45) is 2.47. The average molecular weight is 625 g/mol. The van der Waals surface area contributed by atoms with Crippen molar-refractivity contribution in [3.63, 3.8) is 0 Å². The second-order valence-corrected chi connectivity index (χ2v) is 10.6. The molecule has 0 heterocycles. The number of hydrogen-bond acceptors (Lipinski definition) is 7. The fourth-order valence-electron chi connectivity index (χ4n) is 4.13. The molecule has 3 rings (SSSR count). The van der Waals surface area contributed by atoms with Gasteiger partial charge in [-0.05, 0) is 85.9 Å². The van der Waals surface area contributed by atoms with E-state index in [2.05, 4.69) is 37.1 Å². The third-order valence-electron chi connectivity index (χ3n) is 6.59. The highest BCUT2D eigenvalue weighted by Crippen LogP contribution is 2.22. The molecule has 9 nitrogen and oxygen atoms in total. The number of hydrogen-bond donors (Lipinski definition) is 5. The molecule has 0 saturated heterocycles. The van der Waals surface area contributed by atoms with Crippen LogP contribution in [0.25, 0.3) is 0 Å². The lowest BCUT2D eigenvalue weighted by Gasteiger charge is -2.19. The Morgan fingerprint density at radius 1 is 0.902 bits per heavy atom. The summed E-state index contributed by atoms with van der Waals surface area (Å²) >= 11 is 3.39. The van der Waals surface area contributed by atoms with E-state index < -0.39 is 5.91 Å². The second-order valence-electron chi connectivity index (χ2n) is 9.70. The molecule has 0 saturated carbocycles. The number of anilines is 1. The number of halogens is 1. The highest BCUT2D eigenvalue weighted by molar-refractivity contribution is 9.10. The van der Waals surface area contributed by atoms with E-state index in [1.54, 1.807) is 36.5 Å². The molecule has 0 fully saturated rings. The van der Waals surface area contributed by atoms with E-state index in [1.807, 2.05) is 49.1 Å². The molecular weight excluding hydrogens is 586 g/mol. The van der Waals surface area contributed by atoms with Gasteiger partial charge in [0, 0.05) is 29.7 Å². The van der Waals surface area contributed by atoms with Crippen molar-refractivity contribution in [3.8, 4) is 0 Å². The monoisotopic (exact) mass is 623 g/mol. The summed E-state index contributed by atoms with van der Waals surface area (Å²) in [5.41, 5.74) is 7.90. The maximum atomic E-state index is 13.0. The van der Waals surface area contributed by atoms with Crippen molar-refractivity contribution in [1.82, 2.24) is 15.6 Å². The zero-order valence-electron chi connectivity index (χ0n) is 23.5. The molecule has 218 valence electrons.